The van der Waals surface area contributed by atoms with Crippen molar-refractivity contribution in [2.75, 3.05) is 0 Å². The summed E-state index contributed by atoms with van der Waals surface area (Å²) in [5, 5.41) is 5.81. The van der Waals surface area contributed by atoms with Gasteiger partial charge in [0, 0.05) is 0 Å². The van der Waals surface area contributed by atoms with E-state index < -0.39 is 12.0 Å². The number of hydrogen-bond acceptors (Lipinski definition) is 4. The van der Waals surface area contributed by atoms with E-state index in [0.29, 0.717) is 0 Å². The lowest BCUT2D eigenvalue weighted by molar-refractivity contribution is 0.0924. The van der Waals surface area contributed by atoms with Crippen LogP contribution in [-0.2, 0) is 4.84 Å². The highest BCUT2D eigenvalue weighted by Crippen LogP contribution is 2.23. The number of rotatable bonds is 4. The first kappa shape index (κ1) is 19.0. The largest absolute Gasteiger partial charge is 0.440 e. The third-order valence-corrected chi connectivity index (χ3v) is 3.66. The van der Waals surface area contributed by atoms with Crippen LogP contribution in [0, 0.1) is 0 Å². The molecule has 0 aromatic heterocycles. The molecule has 0 bridgehead atoms. The fourth-order valence-corrected chi connectivity index (χ4v) is 2.50. The molecule has 5 nitrogen and oxygen atoms in total. The van der Waals surface area contributed by atoms with E-state index >= 15 is 0 Å². The van der Waals surface area contributed by atoms with Crippen LogP contribution >= 0.6 is 34.8 Å². The van der Waals surface area contributed by atoms with Gasteiger partial charge in [0.05, 0.1) is 26.9 Å². The number of nitrogens with zero attached hydrogens (tertiary/aromatic N) is 1. The van der Waals surface area contributed by atoms with Crippen LogP contribution < -0.4 is 5.32 Å². The van der Waals surface area contributed by atoms with Crippen molar-refractivity contribution in [3.63, 3.8) is 0 Å². The molecule has 0 aliphatic heterocycles. The van der Waals surface area contributed by atoms with Crippen molar-refractivity contribution >= 4 is 59.1 Å². The van der Waals surface area contributed by atoms with Gasteiger partial charge in [0.1, 0.15) is 0 Å². The number of carbonyl (C=O) groups is 2. The quantitative estimate of drug-likeness (QED) is 0.442. The van der Waals surface area contributed by atoms with Gasteiger partial charge in [-0.1, -0.05) is 76.4 Å². The van der Waals surface area contributed by atoms with Crippen molar-refractivity contribution in [1.29, 1.82) is 0 Å². The number of benzene rings is 2. The highest BCUT2D eigenvalue weighted by Gasteiger charge is 2.17. The molecule has 0 heterocycles. The van der Waals surface area contributed by atoms with Crippen molar-refractivity contribution in [2.45, 2.75) is 0 Å². The molecule has 0 unspecified atom stereocenters. The minimum Gasteiger partial charge on any atom is -0.298 e. The smallest absolute Gasteiger partial charge is 0.298 e. The normalized spacial score (nSPS) is 11.4. The van der Waals surface area contributed by atoms with Crippen molar-refractivity contribution in [3.05, 3.63) is 74.7 Å². The van der Waals surface area contributed by atoms with Crippen molar-refractivity contribution in [1.82, 2.24) is 5.32 Å². The Labute approximate surface area is 158 Å². The number of amides is 2. The van der Waals surface area contributed by atoms with Gasteiger partial charge in [-0.3, -0.25) is 14.9 Å². The summed E-state index contributed by atoms with van der Waals surface area (Å²) in [6.07, 6.45) is 1.66. The fraction of sp³-hybridized carbons (Fsp3) is 0. The average Bonchev–Trinajstić information content (AvgIpc) is 2.55. The molecular weight excluding hydrogens is 387 g/mol. The van der Waals surface area contributed by atoms with Crippen molar-refractivity contribution in [3.8, 4) is 0 Å². The molecule has 2 aromatic rings. The Balaban J connectivity index is 1.92. The molecule has 2 rings (SSSR count). The lowest BCUT2D eigenvalue weighted by atomic mass is 10.2. The van der Waals surface area contributed by atoms with Crippen molar-refractivity contribution < 1.29 is 14.4 Å². The second-order valence-electron chi connectivity index (χ2n) is 4.60. The maximum absolute atomic E-state index is 12.0. The molecule has 0 saturated heterocycles. The number of imide groups is 1. The Kier molecular flexibility index (Phi) is 7.01. The van der Waals surface area contributed by atoms with Crippen LogP contribution in [0.2, 0.25) is 10.0 Å². The lowest BCUT2D eigenvalue weighted by Gasteiger charge is -2.05. The maximum atomic E-state index is 12.0. The number of halogens is 3. The number of carbonyl (C=O) groups excluding carboxylic acids is 2. The van der Waals surface area contributed by atoms with Crippen LogP contribution in [0.25, 0.3) is 6.08 Å². The number of allylic oxidation sites excluding steroid dienone is 1. The monoisotopic (exact) mass is 396 g/mol. The summed E-state index contributed by atoms with van der Waals surface area (Å²) in [7, 11) is 0. The van der Waals surface area contributed by atoms with Gasteiger partial charge >= 0.3 is 6.09 Å². The van der Waals surface area contributed by atoms with E-state index in [-0.39, 0.29) is 20.6 Å². The molecule has 8 heteroatoms. The van der Waals surface area contributed by atoms with Crippen LogP contribution in [0.4, 0.5) is 4.79 Å². The fourth-order valence-electron chi connectivity index (χ4n) is 1.76. The van der Waals surface area contributed by atoms with E-state index in [0.717, 1.165) is 11.8 Å². The Morgan fingerprint density at radius 2 is 1.64 bits per heavy atom. The van der Waals surface area contributed by atoms with Crippen LogP contribution in [0.5, 0.6) is 0 Å². The van der Waals surface area contributed by atoms with E-state index in [1.807, 2.05) is 35.6 Å². The van der Waals surface area contributed by atoms with Crippen LogP contribution in [0.1, 0.15) is 15.9 Å². The zero-order chi connectivity index (χ0) is 18.2. The third kappa shape index (κ3) is 5.90. The maximum Gasteiger partial charge on any atom is 0.440 e. The molecule has 2 amide bonds. The van der Waals surface area contributed by atoms with Gasteiger partial charge < -0.3 is 0 Å². The van der Waals surface area contributed by atoms with Crippen LogP contribution in [-0.4, -0.2) is 18.2 Å². The Morgan fingerprint density at radius 1 is 1.00 bits per heavy atom. The first-order valence-corrected chi connectivity index (χ1v) is 8.02. The molecule has 0 aliphatic carbocycles. The first-order chi connectivity index (χ1) is 12.0. The molecule has 0 spiro atoms. The van der Waals surface area contributed by atoms with E-state index in [4.69, 9.17) is 34.8 Å². The summed E-state index contributed by atoms with van der Waals surface area (Å²) in [6, 6.07) is 13.8. The molecule has 2 aromatic carbocycles. The highest BCUT2D eigenvalue weighted by molar-refractivity contribution is 6.41. The summed E-state index contributed by atoms with van der Waals surface area (Å²) in [6.45, 7) is 0. The lowest BCUT2D eigenvalue weighted by Crippen LogP contribution is -2.30. The summed E-state index contributed by atoms with van der Waals surface area (Å²) in [5.74, 6) is -0.804. The second kappa shape index (κ2) is 9.22. The Hall–Kier alpha value is -2.34. The number of hydrogen-bond donors (Lipinski definition) is 1. The predicted octanol–water partition coefficient (Wildman–Crippen LogP) is 5.13. The molecule has 0 fully saturated rings. The van der Waals surface area contributed by atoms with E-state index in [1.54, 1.807) is 12.1 Å². The zero-order valence-electron chi connectivity index (χ0n) is 12.6. The third-order valence-electron chi connectivity index (χ3n) is 2.82. The number of nitrogens with one attached hydrogen (secondary N) is 1. The number of oxime groups is 1. The Morgan fingerprint density at radius 3 is 2.28 bits per heavy atom. The van der Waals surface area contributed by atoms with Crippen molar-refractivity contribution in [2.24, 2.45) is 5.16 Å². The molecule has 128 valence electrons. The first-order valence-electron chi connectivity index (χ1n) is 6.89. The molecule has 0 aliphatic rings. The highest BCUT2D eigenvalue weighted by atomic mass is 35.5. The molecule has 1 N–H and O–H groups in total. The average molecular weight is 398 g/mol. The van der Waals surface area contributed by atoms with E-state index in [2.05, 4.69) is 9.99 Å². The minimum absolute atomic E-state index is 0.0335. The van der Waals surface area contributed by atoms with Gasteiger partial charge in [0.15, 0.2) is 0 Å². The van der Waals surface area contributed by atoms with Gasteiger partial charge in [0.2, 0.25) is 0 Å². The van der Waals surface area contributed by atoms with Gasteiger partial charge in [0.25, 0.3) is 5.91 Å². The topological polar surface area (TPSA) is 67.8 Å². The molecule has 25 heavy (non-hydrogen) atoms. The van der Waals surface area contributed by atoms with Crippen LogP contribution in [0.15, 0.2) is 58.7 Å². The standard InChI is InChI=1S/C17H11Cl3N2O3/c18-12(9-11-5-2-1-3-6-11)10-21-25-17(24)22-16(23)15-13(19)7-4-8-14(15)20/h1-10H,(H,22,23,24)/b12-9-,21-10+. The Bertz CT molecular complexity index is 816. The van der Waals surface area contributed by atoms with Gasteiger partial charge in [-0.05, 0) is 23.8 Å². The minimum atomic E-state index is -1.10. The van der Waals surface area contributed by atoms with Crippen LogP contribution in [0.3, 0.4) is 0 Å². The molecule has 0 atom stereocenters. The van der Waals surface area contributed by atoms with Gasteiger partial charge in [-0.2, -0.15) is 0 Å². The zero-order valence-corrected chi connectivity index (χ0v) is 14.8. The summed E-state index contributed by atoms with van der Waals surface area (Å²) in [5.41, 5.74) is 0.820. The summed E-state index contributed by atoms with van der Waals surface area (Å²) in [4.78, 5) is 28.0. The molecule has 0 radical (unpaired) electrons. The second-order valence-corrected chi connectivity index (χ2v) is 5.85. The van der Waals surface area contributed by atoms with Gasteiger partial charge in [-0.25, -0.2) is 4.79 Å². The SMILES string of the molecule is O=C(NC(=O)c1c(Cl)cccc1Cl)O/N=C/C(Cl)=C/c1ccccc1. The molecular formula is C17H11Cl3N2O3. The van der Waals surface area contributed by atoms with E-state index in [1.165, 1.54) is 12.1 Å². The summed E-state index contributed by atoms with van der Waals surface area (Å²) < 4.78 is 0. The summed E-state index contributed by atoms with van der Waals surface area (Å²) >= 11 is 17.7. The predicted molar refractivity (Wildman–Crippen MR) is 99.2 cm³/mol. The van der Waals surface area contributed by atoms with Gasteiger partial charge in [-0.15, -0.1) is 0 Å². The van der Waals surface area contributed by atoms with E-state index in [9.17, 15) is 9.59 Å². The molecule has 0 saturated carbocycles.